The van der Waals surface area contributed by atoms with Gasteiger partial charge in [0.2, 0.25) is 5.91 Å². The van der Waals surface area contributed by atoms with Gasteiger partial charge in [-0.3, -0.25) is 4.79 Å². The molecule has 24 heavy (non-hydrogen) atoms. The first-order chi connectivity index (χ1) is 11.7. The number of aromatic nitrogens is 1. The molecule has 1 amide bonds. The molecule has 0 unspecified atom stereocenters. The maximum Gasteiger partial charge on any atom is 0.224 e. The molecule has 0 saturated carbocycles. The monoisotopic (exact) mass is 317 g/mol. The van der Waals surface area contributed by atoms with Crippen LogP contribution >= 0.6 is 0 Å². The van der Waals surface area contributed by atoms with Gasteiger partial charge in [-0.2, -0.15) is 5.26 Å². The van der Waals surface area contributed by atoms with Crippen LogP contribution in [0.1, 0.15) is 17.9 Å². The van der Waals surface area contributed by atoms with Gasteiger partial charge in [-0.1, -0.05) is 36.4 Å². The summed E-state index contributed by atoms with van der Waals surface area (Å²) in [6, 6.07) is 18.5. The topological polar surface area (TPSA) is 78.9 Å². The van der Waals surface area contributed by atoms with E-state index in [1.54, 1.807) is 30.5 Å². The zero-order valence-electron chi connectivity index (χ0n) is 12.9. The van der Waals surface area contributed by atoms with Crippen LogP contribution in [0.5, 0.6) is 0 Å². The van der Waals surface area contributed by atoms with Crippen molar-refractivity contribution < 1.29 is 9.21 Å². The fraction of sp³-hybridized carbons (Fsp3) is 0.105. The number of nitriles is 1. The third-order valence-corrected chi connectivity index (χ3v) is 3.45. The quantitative estimate of drug-likeness (QED) is 0.776. The Morgan fingerprint density at radius 1 is 1.17 bits per heavy atom. The van der Waals surface area contributed by atoms with E-state index in [1.165, 1.54) is 0 Å². The minimum Gasteiger partial charge on any atom is -0.441 e. The van der Waals surface area contributed by atoms with E-state index in [0.29, 0.717) is 29.3 Å². The SMILES string of the molecule is N#Cc1cccc(NC(=O)CCc2ncc(-c3ccccc3)o2)c1. The first-order valence-corrected chi connectivity index (χ1v) is 7.55. The van der Waals surface area contributed by atoms with Crippen LogP contribution in [0.25, 0.3) is 11.3 Å². The van der Waals surface area contributed by atoms with Crippen LogP contribution < -0.4 is 5.32 Å². The van der Waals surface area contributed by atoms with E-state index in [4.69, 9.17) is 9.68 Å². The van der Waals surface area contributed by atoms with E-state index in [0.717, 1.165) is 5.56 Å². The van der Waals surface area contributed by atoms with Gasteiger partial charge in [-0.05, 0) is 18.2 Å². The van der Waals surface area contributed by atoms with Crippen molar-refractivity contribution in [2.24, 2.45) is 0 Å². The second-order valence-electron chi connectivity index (χ2n) is 5.23. The molecule has 118 valence electrons. The van der Waals surface area contributed by atoms with Crippen LogP contribution in [-0.4, -0.2) is 10.9 Å². The summed E-state index contributed by atoms with van der Waals surface area (Å²) in [7, 11) is 0. The van der Waals surface area contributed by atoms with E-state index in [-0.39, 0.29) is 12.3 Å². The summed E-state index contributed by atoms with van der Waals surface area (Å²) < 4.78 is 5.67. The summed E-state index contributed by atoms with van der Waals surface area (Å²) in [5.74, 6) is 1.06. The van der Waals surface area contributed by atoms with Crippen LogP contribution in [-0.2, 0) is 11.2 Å². The maximum atomic E-state index is 12.0. The summed E-state index contributed by atoms with van der Waals surface area (Å²) in [6.07, 6.45) is 2.33. The van der Waals surface area contributed by atoms with Crippen molar-refractivity contribution >= 4 is 11.6 Å². The number of benzene rings is 2. The molecule has 0 fully saturated rings. The third kappa shape index (κ3) is 3.87. The Hall–Kier alpha value is -3.39. The highest BCUT2D eigenvalue weighted by molar-refractivity contribution is 5.90. The number of nitrogens with zero attached hydrogens (tertiary/aromatic N) is 2. The summed E-state index contributed by atoms with van der Waals surface area (Å²) in [5, 5.41) is 11.6. The largest absolute Gasteiger partial charge is 0.441 e. The molecule has 1 N–H and O–H groups in total. The van der Waals surface area contributed by atoms with Crippen molar-refractivity contribution in [3.63, 3.8) is 0 Å². The van der Waals surface area contributed by atoms with Crippen LogP contribution in [0.2, 0.25) is 0 Å². The molecule has 0 aliphatic rings. The van der Waals surface area contributed by atoms with Crippen molar-refractivity contribution in [3.8, 4) is 17.4 Å². The highest BCUT2D eigenvalue weighted by Gasteiger charge is 2.09. The highest BCUT2D eigenvalue weighted by Crippen LogP contribution is 2.20. The molecule has 0 spiro atoms. The number of hydrogen-bond acceptors (Lipinski definition) is 4. The van der Waals surface area contributed by atoms with E-state index >= 15 is 0 Å². The summed E-state index contributed by atoms with van der Waals surface area (Å²) in [4.78, 5) is 16.2. The predicted octanol–water partition coefficient (Wildman–Crippen LogP) is 3.78. The van der Waals surface area contributed by atoms with Crippen molar-refractivity contribution in [2.45, 2.75) is 12.8 Å². The number of carbonyl (C=O) groups is 1. The lowest BCUT2D eigenvalue weighted by Gasteiger charge is -2.04. The molecule has 5 heteroatoms. The maximum absolute atomic E-state index is 12.0. The first kappa shape index (κ1) is 15.5. The molecule has 1 aromatic heterocycles. The average Bonchev–Trinajstić information content (AvgIpc) is 3.10. The number of nitrogens with one attached hydrogen (secondary N) is 1. The van der Waals surface area contributed by atoms with E-state index < -0.39 is 0 Å². The number of hydrogen-bond donors (Lipinski definition) is 1. The molecule has 5 nitrogen and oxygen atoms in total. The summed E-state index contributed by atoms with van der Waals surface area (Å²) >= 11 is 0. The van der Waals surface area contributed by atoms with Gasteiger partial charge in [-0.25, -0.2) is 4.98 Å². The van der Waals surface area contributed by atoms with Crippen molar-refractivity contribution in [2.75, 3.05) is 5.32 Å². The van der Waals surface area contributed by atoms with E-state index in [9.17, 15) is 4.79 Å². The Balaban J connectivity index is 1.57. The number of rotatable bonds is 5. The van der Waals surface area contributed by atoms with Crippen molar-refractivity contribution in [1.82, 2.24) is 4.98 Å². The third-order valence-electron chi connectivity index (χ3n) is 3.45. The second kappa shape index (κ2) is 7.25. The molecule has 0 radical (unpaired) electrons. The molecular formula is C19H15N3O2. The lowest BCUT2D eigenvalue weighted by atomic mass is 10.2. The lowest BCUT2D eigenvalue weighted by Crippen LogP contribution is -2.12. The Kier molecular flexibility index (Phi) is 4.68. The smallest absolute Gasteiger partial charge is 0.224 e. The van der Waals surface area contributed by atoms with Gasteiger partial charge >= 0.3 is 0 Å². The molecule has 0 aliphatic carbocycles. The van der Waals surface area contributed by atoms with Gasteiger partial charge in [-0.15, -0.1) is 0 Å². The minimum absolute atomic E-state index is 0.149. The van der Waals surface area contributed by atoms with Crippen LogP contribution in [0.4, 0.5) is 5.69 Å². The number of aryl methyl sites for hydroxylation is 1. The van der Waals surface area contributed by atoms with Gasteiger partial charge < -0.3 is 9.73 Å². The Morgan fingerprint density at radius 2 is 2.00 bits per heavy atom. The molecule has 1 heterocycles. The van der Waals surface area contributed by atoms with Gasteiger partial charge in [0.05, 0.1) is 17.8 Å². The summed E-state index contributed by atoms with van der Waals surface area (Å²) in [6.45, 7) is 0. The van der Waals surface area contributed by atoms with Gasteiger partial charge in [0.1, 0.15) is 0 Å². The molecule has 0 bridgehead atoms. The van der Waals surface area contributed by atoms with E-state index in [2.05, 4.69) is 10.3 Å². The standard InChI is InChI=1S/C19H15N3O2/c20-12-14-5-4-8-16(11-14)22-18(23)9-10-19-21-13-17(24-19)15-6-2-1-3-7-15/h1-8,11,13H,9-10H2,(H,22,23). The van der Waals surface area contributed by atoms with Crippen LogP contribution in [0.3, 0.4) is 0 Å². The highest BCUT2D eigenvalue weighted by atomic mass is 16.4. The van der Waals surface area contributed by atoms with Gasteiger partial charge in [0, 0.05) is 24.1 Å². The lowest BCUT2D eigenvalue weighted by molar-refractivity contribution is -0.116. The van der Waals surface area contributed by atoms with Gasteiger partial charge in [0.25, 0.3) is 0 Å². The minimum atomic E-state index is -0.149. The molecule has 2 aromatic carbocycles. The van der Waals surface area contributed by atoms with Crippen molar-refractivity contribution in [3.05, 3.63) is 72.2 Å². The molecule has 0 atom stereocenters. The number of anilines is 1. The number of amides is 1. The normalized spacial score (nSPS) is 10.1. The van der Waals surface area contributed by atoms with Crippen LogP contribution in [0.15, 0.2) is 65.2 Å². The predicted molar refractivity (Wildman–Crippen MR) is 90.0 cm³/mol. The molecule has 0 aliphatic heterocycles. The Labute approximate surface area is 139 Å². The second-order valence-corrected chi connectivity index (χ2v) is 5.23. The van der Waals surface area contributed by atoms with Crippen LogP contribution in [0, 0.1) is 11.3 Å². The first-order valence-electron chi connectivity index (χ1n) is 7.55. The fourth-order valence-corrected chi connectivity index (χ4v) is 2.27. The summed E-state index contributed by atoms with van der Waals surface area (Å²) in [5.41, 5.74) is 2.07. The van der Waals surface area contributed by atoms with E-state index in [1.807, 2.05) is 36.4 Å². The molecule has 3 aromatic rings. The number of carbonyl (C=O) groups excluding carboxylic acids is 1. The van der Waals surface area contributed by atoms with Crippen molar-refractivity contribution in [1.29, 1.82) is 5.26 Å². The molecular weight excluding hydrogens is 302 g/mol. The zero-order chi connectivity index (χ0) is 16.8. The molecule has 3 rings (SSSR count). The average molecular weight is 317 g/mol. The zero-order valence-corrected chi connectivity index (χ0v) is 12.9. The Bertz CT molecular complexity index is 879. The Morgan fingerprint density at radius 3 is 2.79 bits per heavy atom. The van der Waals surface area contributed by atoms with Gasteiger partial charge in [0.15, 0.2) is 11.7 Å². The molecule has 0 saturated heterocycles. The fourth-order valence-electron chi connectivity index (χ4n) is 2.27. The number of oxazole rings is 1.